The van der Waals surface area contributed by atoms with Gasteiger partial charge in [0, 0.05) is 17.1 Å². The minimum absolute atomic E-state index is 0.0283. The van der Waals surface area contributed by atoms with Gasteiger partial charge in [0.15, 0.2) is 0 Å². The molecule has 0 amide bonds. The Labute approximate surface area is 125 Å². The van der Waals surface area contributed by atoms with Crippen molar-refractivity contribution in [2.75, 3.05) is 6.61 Å². The van der Waals surface area contributed by atoms with Crippen LogP contribution in [0.5, 0.6) is 0 Å². The summed E-state index contributed by atoms with van der Waals surface area (Å²) in [5.74, 6) is -1.25. The molecule has 2 aromatic carbocycles. The lowest BCUT2D eigenvalue weighted by molar-refractivity contribution is 0.224. The first-order chi connectivity index (χ1) is 9.58. The predicted octanol–water partition coefficient (Wildman–Crippen LogP) is 4.12. The van der Waals surface area contributed by atoms with Crippen molar-refractivity contribution in [2.45, 2.75) is 12.8 Å². The van der Waals surface area contributed by atoms with E-state index in [2.05, 4.69) is 15.9 Å². The normalized spacial score (nSPS) is 12.4. The van der Waals surface area contributed by atoms with Gasteiger partial charge in [0.25, 0.3) is 0 Å². The van der Waals surface area contributed by atoms with Gasteiger partial charge in [-0.1, -0.05) is 34.1 Å². The van der Waals surface area contributed by atoms with Gasteiger partial charge in [0.05, 0.1) is 0 Å². The van der Waals surface area contributed by atoms with Crippen LogP contribution in [0.2, 0.25) is 0 Å². The van der Waals surface area contributed by atoms with Gasteiger partial charge >= 0.3 is 0 Å². The topological polar surface area (TPSA) is 20.2 Å². The average molecular weight is 341 g/mol. The maximum Gasteiger partial charge on any atom is 0.126 e. The van der Waals surface area contributed by atoms with Gasteiger partial charge in [-0.3, -0.25) is 0 Å². The summed E-state index contributed by atoms with van der Waals surface area (Å²) in [5.41, 5.74) is 1.64. The molecule has 0 saturated carbocycles. The molecule has 0 aliphatic rings. The zero-order valence-electron chi connectivity index (χ0n) is 10.8. The first-order valence-corrected chi connectivity index (χ1v) is 7.17. The highest BCUT2D eigenvalue weighted by Crippen LogP contribution is 2.22. The zero-order chi connectivity index (χ0) is 14.5. The fourth-order valence-electron chi connectivity index (χ4n) is 2.24. The van der Waals surface area contributed by atoms with Crippen LogP contribution in [-0.2, 0) is 12.8 Å². The molecule has 0 radical (unpaired) electrons. The van der Waals surface area contributed by atoms with Crippen LogP contribution < -0.4 is 0 Å². The highest BCUT2D eigenvalue weighted by Gasteiger charge is 2.13. The highest BCUT2D eigenvalue weighted by molar-refractivity contribution is 9.10. The lowest BCUT2D eigenvalue weighted by Gasteiger charge is -2.15. The van der Waals surface area contributed by atoms with Gasteiger partial charge in [-0.25, -0.2) is 8.78 Å². The number of hydrogen-bond donors (Lipinski definition) is 1. The smallest absolute Gasteiger partial charge is 0.126 e. The SMILES string of the molecule is OCC(Cc1cc(F)cc(F)c1)Cc1ccccc1Br. The lowest BCUT2D eigenvalue weighted by Crippen LogP contribution is -2.13. The molecule has 0 spiro atoms. The monoisotopic (exact) mass is 340 g/mol. The van der Waals surface area contributed by atoms with Crippen molar-refractivity contribution in [3.05, 3.63) is 69.7 Å². The van der Waals surface area contributed by atoms with Crippen molar-refractivity contribution in [3.63, 3.8) is 0 Å². The first-order valence-electron chi connectivity index (χ1n) is 6.37. The fourth-order valence-corrected chi connectivity index (χ4v) is 2.68. The summed E-state index contributed by atoms with van der Waals surface area (Å²) in [6.07, 6.45) is 1.09. The van der Waals surface area contributed by atoms with E-state index < -0.39 is 11.6 Å². The Kier molecular flexibility index (Phi) is 5.26. The number of aliphatic hydroxyl groups excluding tert-OH is 1. The third kappa shape index (κ3) is 4.12. The van der Waals surface area contributed by atoms with Crippen molar-refractivity contribution in [2.24, 2.45) is 5.92 Å². The lowest BCUT2D eigenvalue weighted by atomic mass is 9.93. The molecular formula is C16H15BrF2O. The molecule has 1 atom stereocenters. The average Bonchev–Trinajstić information content (AvgIpc) is 2.39. The second kappa shape index (κ2) is 6.95. The summed E-state index contributed by atoms with van der Waals surface area (Å²) in [7, 11) is 0. The minimum Gasteiger partial charge on any atom is -0.396 e. The van der Waals surface area contributed by atoms with Gasteiger partial charge in [0.1, 0.15) is 11.6 Å². The number of hydrogen-bond acceptors (Lipinski definition) is 1. The highest BCUT2D eigenvalue weighted by atomic mass is 79.9. The molecule has 20 heavy (non-hydrogen) atoms. The Morgan fingerprint density at radius 3 is 2.25 bits per heavy atom. The van der Waals surface area contributed by atoms with Crippen molar-refractivity contribution in [1.82, 2.24) is 0 Å². The van der Waals surface area contributed by atoms with E-state index in [1.165, 1.54) is 12.1 Å². The van der Waals surface area contributed by atoms with Crippen molar-refractivity contribution in [3.8, 4) is 0 Å². The zero-order valence-corrected chi connectivity index (χ0v) is 12.4. The van der Waals surface area contributed by atoms with Crippen LogP contribution in [-0.4, -0.2) is 11.7 Å². The molecule has 1 N–H and O–H groups in total. The summed E-state index contributed by atoms with van der Waals surface area (Å²) in [6.45, 7) is -0.0283. The molecule has 1 nitrogen and oxygen atoms in total. The molecule has 2 rings (SSSR count). The molecule has 0 saturated heterocycles. The summed E-state index contributed by atoms with van der Waals surface area (Å²) in [6, 6.07) is 11.2. The molecule has 0 aliphatic heterocycles. The summed E-state index contributed by atoms with van der Waals surface area (Å²) in [5, 5.41) is 9.48. The number of halogens is 3. The van der Waals surface area contributed by atoms with Crippen LogP contribution in [0, 0.1) is 17.6 Å². The second-order valence-corrected chi connectivity index (χ2v) is 5.68. The van der Waals surface area contributed by atoms with Crippen LogP contribution in [0.15, 0.2) is 46.9 Å². The van der Waals surface area contributed by atoms with E-state index in [0.29, 0.717) is 18.4 Å². The van der Waals surface area contributed by atoms with E-state index in [9.17, 15) is 13.9 Å². The minimum atomic E-state index is -0.586. The van der Waals surface area contributed by atoms with Gasteiger partial charge < -0.3 is 5.11 Å². The van der Waals surface area contributed by atoms with E-state index in [-0.39, 0.29) is 12.5 Å². The van der Waals surface area contributed by atoms with Crippen molar-refractivity contribution in [1.29, 1.82) is 0 Å². The van der Waals surface area contributed by atoms with E-state index in [0.717, 1.165) is 16.1 Å². The molecule has 0 aromatic heterocycles. The van der Waals surface area contributed by atoms with E-state index in [1.807, 2.05) is 24.3 Å². The van der Waals surface area contributed by atoms with E-state index in [4.69, 9.17) is 0 Å². The quantitative estimate of drug-likeness (QED) is 0.867. The fraction of sp³-hybridized carbons (Fsp3) is 0.250. The van der Waals surface area contributed by atoms with Crippen LogP contribution in [0.1, 0.15) is 11.1 Å². The molecule has 0 fully saturated rings. The Hall–Kier alpha value is -1.26. The third-order valence-electron chi connectivity index (χ3n) is 3.17. The Morgan fingerprint density at radius 1 is 1.00 bits per heavy atom. The summed E-state index contributed by atoms with van der Waals surface area (Å²) >= 11 is 3.46. The summed E-state index contributed by atoms with van der Waals surface area (Å²) < 4.78 is 27.3. The van der Waals surface area contributed by atoms with Gasteiger partial charge in [0.2, 0.25) is 0 Å². The van der Waals surface area contributed by atoms with Gasteiger partial charge in [-0.15, -0.1) is 0 Å². The van der Waals surface area contributed by atoms with Gasteiger partial charge in [-0.2, -0.15) is 0 Å². The van der Waals surface area contributed by atoms with Gasteiger partial charge in [-0.05, 0) is 48.1 Å². The molecule has 0 heterocycles. The maximum absolute atomic E-state index is 13.2. The molecule has 0 bridgehead atoms. The van der Waals surface area contributed by atoms with Crippen LogP contribution >= 0.6 is 15.9 Å². The Morgan fingerprint density at radius 2 is 1.65 bits per heavy atom. The van der Waals surface area contributed by atoms with Crippen molar-refractivity contribution >= 4 is 15.9 Å². The Bertz CT molecular complexity index is 566. The molecule has 1 unspecified atom stereocenters. The van der Waals surface area contributed by atoms with Crippen LogP contribution in [0.4, 0.5) is 8.78 Å². The molecule has 0 aliphatic carbocycles. The van der Waals surface area contributed by atoms with Crippen LogP contribution in [0.3, 0.4) is 0 Å². The predicted molar refractivity (Wildman–Crippen MR) is 78.5 cm³/mol. The molecule has 4 heteroatoms. The van der Waals surface area contributed by atoms with E-state index >= 15 is 0 Å². The molecular weight excluding hydrogens is 326 g/mol. The van der Waals surface area contributed by atoms with Crippen LogP contribution in [0.25, 0.3) is 0 Å². The standard InChI is InChI=1S/C16H15BrF2O/c17-16-4-2-1-3-13(16)6-12(10-20)5-11-7-14(18)9-15(19)8-11/h1-4,7-9,12,20H,5-6,10H2. The first kappa shape index (κ1) is 15.1. The number of aliphatic hydroxyl groups is 1. The number of benzene rings is 2. The van der Waals surface area contributed by atoms with E-state index in [1.54, 1.807) is 0 Å². The molecule has 106 valence electrons. The maximum atomic E-state index is 13.2. The second-order valence-electron chi connectivity index (χ2n) is 4.83. The summed E-state index contributed by atoms with van der Waals surface area (Å²) in [4.78, 5) is 0. The third-order valence-corrected chi connectivity index (χ3v) is 3.94. The largest absolute Gasteiger partial charge is 0.396 e. The Balaban J connectivity index is 2.11. The number of rotatable bonds is 5. The van der Waals surface area contributed by atoms with Crippen molar-refractivity contribution < 1.29 is 13.9 Å². The molecule has 2 aromatic rings.